The highest BCUT2D eigenvalue weighted by atomic mass is 15.2. The number of likely N-dealkylation sites (N-methyl/N-ethyl adjacent to an activating group) is 1. The van der Waals surface area contributed by atoms with E-state index in [1.807, 2.05) is 0 Å². The largest absolute Gasteiger partial charge is 0.315 e. The maximum atomic E-state index is 3.40. The van der Waals surface area contributed by atoms with Crippen molar-refractivity contribution in [3.05, 3.63) is 0 Å². The smallest absolute Gasteiger partial charge is 0.0255 e. The molecular formula is C8H18N2. The zero-order valence-electron chi connectivity index (χ0n) is 7.22. The maximum absolute atomic E-state index is 3.40. The Bertz CT molecular complexity index is 103. The highest BCUT2D eigenvalue weighted by Crippen LogP contribution is 2.12. The van der Waals surface area contributed by atoms with Crippen LogP contribution in [-0.4, -0.2) is 37.6 Å². The first-order valence-electron chi connectivity index (χ1n) is 4.16. The van der Waals surface area contributed by atoms with Gasteiger partial charge in [-0.25, -0.2) is 0 Å². The SMILES string of the molecule is CCN(C)C1CNCC1C. The Morgan fingerprint density at radius 3 is 2.60 bits per heavy atom. The van der Waals surface area contributed by atoms with Gasteiger partial charge in [0.1, 0.15) is 0 Å². The molecule has 2 heteroatoms. The van der Waals surface area contributed by atoms with Crippen molar-refractivity contribution in [2.45, 2.75) is 19.9 Å². The molecule has 2 unspecified atom stereocenters. The molecule has 0 aromatic heterocycles. The van der Waals surface area contributed by atoms with E-state index in [4.69, 9.17) is 0 Å². The van der Waals surface area contributed by atoms with Gasteiger partial charge in [-0.1, -0.05) is 13.8 Å². The fourth-order valence-corrected chi connectivity index (χ4v) is 1.62. The van der Waals surface area contributed by atoms with Crippen LogP contribution < -0.4 is 5.32 Å². The van der Waals surface area contributed by atoms with Crippen LogP contribution in [0.25, 0.3) is 0 Å². The third-order valence-corrected chi connectivity index (χ3v) is 2.54. The van der Waals surface area contributed by atoms with Crippen molar-refractivity contribution < 1.29 is 0 Å². The fourth-order valence-electron chi connectivity index (χ4n) is 1.62. The van der Waals surface area contributed by atoms with Gasteiger partial charge in [-0.2, -0.15) is 0 Å². The lowest BCUT2D eigenvalue weighted by Crippen LogP contribution is -2.36. The lowest BCUT2D eigenvalue weighted by atomic mass is 10.1. The van der Waals surface area contributed by atoms with Crippen LogP contribution in [0.15, 0.2) is 0 Å². The Morgan fingerprint density at radius 2 is 2.20 bits per heavy atom. The summed E-state index contributed by atoms with van der Waals surface area (Å²) in [5.74, 6) is 0.824. The van der Waals surface area contributed by atoms with E-state index < -0.39 is 0 Å². The summed E-state index contributed by atoms with van der Waals surface area (Å²) in [7, 11) is 2.20. The van der Waals surface area contributed by atoms with Crippen molar-refractivity contribution in [1.29, 1.82) is 0 Å². The molecular weight excluding hydrogens is 124 g/mol. The quantitative estimate of drug-likeness (QED) is 0.605. The minimum absolute atomic E-state index is 0.769. The monoisotopic (exact) mass is 142 g/mol. The van der Waals surface area contributed by atoms with E-state index in [0.717, 1.165) is 18.5 Å². The predicted octanol–water partition coefficient (Wildman–Crippen LogP) is 0.546. The summed E-state index contributed by atoms with van der Waals surface area (Å²) in [6.07, 6.45) is 0. The summed E-state index contributed by atoms with van der Waals surface area (Å²) in [6, 6.07) is 0.769. The molecule has 2 atom stereocenters. The summed E-state index contributed by atoms with van der Waals surface area (Å²) in [5.41, 5.74) is 0. The molecule has 0 bridgehead atoms. The van der Waals surface area contributed by atoms with Crippen LogP contribution in [-0.2, 0) is 0 Å². The van der Waals surface area contributed by atoms with Gasteiger partial charge in [0.25, 0.3) is 0 Å². The molecule has 1 fully saturated rings. The van der Waals surface area contributed by atoms with Gasteiger partial charge in [0.2, 0.25) is 0 Å². The van der Waals surface area contributed by atoms with Crippen LogP contribution in [0.1, 0.15) is 13.8 Å². The molecule has 60 valence electrons. The Hall–Kier alpha value is -0.0800. The standard InChI is InChI=1S/C8H18N2/c1-4-10(3)8-6-9-5-7(8)2/h7-9H,4-6H2,1-3H3. The first-order valence-corrected chi connectivity index (χ1v) is 4.16. The van der Waals surface area contributed by atoms with Gasteiger partial charge < -0.3 is 10.2 Å². The zero-order valence-corrected chi connectivity index (χ0v) is 7.22. The van der Waals surface area contributed by atoms with E-state index >= 15 is 0 Å². The highest BCUT2D eigenvalue weighted by molar-refractivity contribution is 4.84. The molecule has 1 saturated heterocycles. The zero-order chi connectivity index (χ0) is 7.56. The van der Waals surface area contributed by atoms with Crippen LogP contribution in [0, 0.1) is 5.92 Å². The molecule has 1 aliphatic rings. The van der Waals surface area contributed by atoms with Gasteiger partial charge in [-0.05, 0) is 26.1 Å². The molecule has 2 nitrogen and oxygen atoms in total. The second kappa shape index (κ2) is 3.35. The Kier molecular flexibility index (Phi) is 2.69. The van der Waals surface area contributed by atoms with Crippen molar-refractivity contribution in [2.24, 2.45) is 5.92 Å². The third-order valence-electron chi connectivity index (χ3n) is 2.54. The average molecular weight is 142 g/mol. The molecule has 10 heavy (non-hydrogen) atoms. The molecule has 0 aliphatic carbocycles. The van der Waals surface area contributed by atoms with Crippen molar-refractivity contribution in [2.75, 3.05) is 26.7 Å². The number of nitrogens with one attached hydrogen (secondary N) is 1. The van der Waals surface area contributed by atoms with Crippen LogP contribution in [0.3, 0.4) is 0 Å². The van der Waals surface area contributed by atoms with E-state index in [1.54, 1.807) is 0 Å². The van der Waals surface area contributed by atoms with Gasteiger partial charge in [-0.3, -0.25) is 0 Å². The highest BCUT2D eigenvalue weighted by Gasteiger charge is 2.25. The Balaban J connectivity index is 2.38. The first kappa shape index (κ1) is 8.02. The topological polar surface area (TPSA) is 15.3 Å². The molecule has 0 radical (unpaired) electrons. The lowest BCUT2D eigenvalue weighted by Gasteiger charge is -2.25. The molecule has 1 aliphatic heterocycles. The number of rotatable bonds is 2. The number of hydrogen-bond acceptors (Lipinski definition) is 2. The van der Waals surface area contributed by atoms with Crippen LogP contribution >= 0.6 is 0 Å². The molecule has 1 rings (SSSR count). The number of nitrogens with zero attached hydrogens (tertiary/aromatic N) is 1. The van der Waals surface area contributed by atoms with E-state index in [1.165, 1.54) is 13.1 Å². The second-order valence-electron chi connectivity index (χ2n) is 3.28. The fraction of sp³-hybridized carbons (Fsp3) is 1.00. The Labute approximate surface area is 63.6 Å². The molecule has 1 heterocycles. The molecule has 0 saturated carbocycles. The van der Waals surface area contributed by atoms with Crippen LogP contribution in [0.4, 0.5) is 0 Å². The van der Waals surface area contributed by atoms with Crippen LogP contribution in [0.2, 0.25) is 0 Å². The maximum Gasteiger partial charge on any atom is 0.0255 e. The molecule has 0 aromatic rings. The lowest BCUT2D eigenvalue weighted by molar-refractivity contribution is 0.230. The van der Waals surface area contributed by atoms with Crippen molar-refractivity contribution in [3.8, 4) is 0 Å². The summed E-state index contributed by atoms with van der Waals surface area (Å²) in [6.45, 7) is 8.05. The summed E-state index contributed by atoms with van der Waals surface area (Å²) in [4.78, 5) is 2.42. The normalized spacial score (nSPS) is 33.6. The number of hydrogen-bond donors (Lipinski definition) is 1. The Morgan fingerprint density at radius 1 is 1.50 bits per heavy atom. The predicted molar refractivity (Wildman–Crippen MR) is 44.1 cm³/mol. The molecule has 0 amide bonds. The summed E-state index contributed by atoms with van der Waals surface area (Å²) < 4.78 is 0. The van der Waals surface area contributed by atoms with Crippen molar-refractivity contribution >= 4 is 0 Å². The van der Waals surface area contributed by atoms with Gasteiger partial charge in [-0.15, -0.1) is 0 Å². The van der Waals surface area contributed by atoms with Crippen LogP contribution in [0.5, 0.6) is 0 Å². The third kappa shape index (κ3) is 1.50. The molecule has 0 aromatic carbocycles. The van der Waals surface area contributed by atoms with Gasteiger partial charge in [0.15, 0.2) is 0 Å². The minimum atomic E-state index is 0.769. The summed E-state index contributed by atoms with van der Waals surface area (Å²) >= 11 is 0. The minimum Gasteiger partial charge on any atom is -0.315 e. The first-order chi connectivity index (χ1) is 4.75. The second-order valence-corrected chi connectivity index (χ2v) is 3.28. The average Bonchev–Trinajstić information content (AvgIpc) is 2.34. The van der Waals surface area contributed by atoms with Crippen molar-refractivity contribution in [3.63, 3.8) is 0 Å². The van der Waals surface area contributed by atoms with Gasteiger partial charge in [0.05, 0.1) is 0 Å². The molecule has 1 N–H and O–H groups in total. The van der Waals surface area contributed by atoms with E-state index in [2.05, 4.69) is 31.1 Å². The van der Waals surface area contributed by atoms with Crippen molar-refractivity contribution in [1.82, 2.24) is 10.2 Å². The van der Waals surface area contributed by atoms with E-state index in [0.29, 0.717) is 0 Å². The van der Waals surface area contributed by atoms with E-state index in [9.17, 15) is 0 Å². The van der Waals surface area contributed by atoms with Gasteiger partial charge >= 0.3 is 0 Å². The molecule has 0 spiro atoms. The summed E-state index contributed by atoms with van der Waals surface area (Å²) in [5, 5.41) is 3.40. The van der Waals surface area contributed by atoms with Gasteiger partial charge in [0, 0.05) is 12.6 Å². The van der Waals surface area contributed by atoms with E-state index in [-0.39, 0.29) is 0 Å².